The minimum absolute atomic E-state index is 0.182. The van der Waals surface area contributed by atoms with Crippen LogP contribution in [0.3, 0.4) is 0 Å². The van der Waals surface area contributed by atoms with E-state index in [-0.39, 0.29) is 6.54 Å². The zero-order valence-electron chi connectivity index (χ0n) is 9.09. The van der Waals surface area contributed by atoms with E-state index < -0.39 is 17.8 Å². The lowest BCUT2D eigenvalue weighted by Crippen LogP contribution is -2.34. The number of ether oxygens (including phenoxy) is 1. The molecule has 0 amide bonds. The quantitative estimate of drug-likeness (QED) is 0.826. The van der Waals surface area contributed by atoms with E-state index in [1.54, 1.807) is 13.0 Å². The Balaban J connectivity index is 2.64. The third-order valence-corrected chi connectivity index (χ3v) is 2.56. The molecule has 0 unspecified atom stereocenters. The molecule has 0 saturated heterocycles. The van der Waals surface area contributed by atoms with Gasteiger partial charge in [0.1, 0.15) is 11.9 Å². The van der Waals surface area contributed by atoms with Gasteiger partial charge in [0.15, 0.2) is 0 Å². The Labute approximate surface area is 98.5 Å². The Morgan fingerprint density at radius 3 is 2.88 bits per heavy atom. The number of carbonyl (C=O) groups is 1. The molecule has 0 fully saturated rings. The highest BCUT2D eigenvalue weighted by atomic mass is 35.5. The van der Waals surface area contributed by atoms with Crippen molar-refractivity contribution >= 4 is 17.6 Å². The van der Waals surface area contributed by atoms with E-state index in [1.807, 2.05) is 0 Å². The minimum Gasteiger partial charge on any atom is -0.468 e. The second kappa shape index (κ2) is 5.82. The summed E-state index contributed by atoms with van der Waals surface area (Å²) in [6.45, 7) is 1.82. The molecule has 0 bridgehead atoms. The van der Waals surface area contributed by atoms with Gasteiger partial charge in [-0.1, -0.05) is 17.7 Å². The van der Waals surface area contributed by atoms with E-state index in [1.165, 1.54) is 19.2 Å². The monoisotopic (exact) mass is 245 g/mol. The first-order valence-corrected chi connectivity index (χ1v) is 5.18. The predicted molar refractivity (Wildman–Crippen MR) is 59.7 cm³/mol. The number of methoxy groups -OCH3 is 1. The molecule has 1 aromatic rings. The second-order valence-corrected chi connectivity index (χ2v) is 3.73. The summed E-state index contributed by atoms with van der Waals surface area (Å²) in [6, 6.07) is 3.96. The highest BCUT2D eigenvalue weighted by Gasteiger charge is 2.14. The van der Waals surface area contributed by atoms with Gasteiger partial charge in [0.2, 0.25) is 0 Å². The molecule has 0 aliphatic carbocycles. The molecule has 0 heterocycles. The van der Waals surface area contributed by atoms with Gasteiger partial charge in [-0.3, -0.25) is 4.79 Å². The number of rotatable bonds is 4. The van der Waals surface area contributed by atoms with Gasteiger partial charge in [-0.05, 0) is 19.1 Å². The summed E-state index contributed by atoms with van der Waals surface area (Å²) in [6.07, 6.45) is 0. The zero-order valence-corrected chi connectivity index (χ0v) is 9.84. The van der Waals surface area contributed by atoms with Crippen molar-refractivity contribution in [2.24, 2.45) is 0 Å². The predicted octanol–water partition coefficient (Wildman–Crippen LogP) is 2.13. The molecular formula is C11H13ClFNO2. The van der Waals surface area contributed by atoms with Crippen LogP contribution in [0.15, 0.2) is 18.2 Å². The Bertz CT molecular complexity index is 364. The molecule has 1 aromatic carbocycles. The van der Waals surface area contributed by atoms with Crippen LogP contribution in [-0.4, -0.2) is 19.1 Å². The standard InChI is InChI=1S/C11H13ClFNO2/c1-7(11(15)16-2)14-6-8-9(12)4-3-5-10(8)13/h3-5,7,14H,6H2,1-2H3/t7-/m0/s1. The van der Waals surface area contributed by atoms with Gasteiger partial charge in [-0.2, -0.15) is 0 Å². The smallest absolute Gasteiger partial charge is 0.322 e. The maximum absolute atomic E-state index is 13.3. The molecule has 0 aromatic heterocycles. The molecule has 1 atom stereocenters. The first-order valence-electron chi connectivity index (χ1n) is 4.80. The van der Waals surface area contributed by atoms with Gasteiger partial charge in [0.05, 0.1) is 7.11 Å². The molecular weight excluding hydrogens is 233 g/mol. The van der Waals surface area contributed by atoms with Gasteiger partial charge in [0.25, 0.3) is 0 Å². The fourth-order valence-corrected chi connectivity index (χ4v) is 1.45. The third kappa shape index (κ3) is 3.18. The Hall–Kier alpha value is -1.13. The molecule has 88 valence electrons. The number of nitrogens with one attached hydrogen (secondary N) is 1. The van der Waals surface area contributed by atoms with E-state index in [9.17, 15) is 9.18 Å². The molecule has 0 spiro atoms. The number of hydrogen-bond acceptors (Lipinski definition) is 3. The van der Waals surface area contributed by atoms with Crippen LogP contribution in [0.2, 0.25) is 5.02 Å². The van der Waals surface area contributed by atoms with E-state index >= 15 is 0 Å². The van der Waals surface area contributed by atoms with Crippen molar-refractivity contribution in [1.29, 1.82) is 0 Å². The van der Waals surface area contributed by atoms with Crippen LogP contribution in [0.5, 0.6) is 0 Å². The minimum atomic E-state index is -0.499. The van der Waals surface area contributed by atoms with Crippen molar-refractivity contribution in [2.45, 2.75) is 19.5 Å². The van der Waals surface area contributed by atoms with Crippen LogP contribution in [0.1, 0.15) is 12.5 Å². The molecule has 0 saturated carbocycles. The number of hydrogen-bond donors (Lipinski definition) is 1. The van der Waals surface area contributed by atoms with E-state index in [0.717, 1.165) is 0 Å². The van der Waals surface area contributed by atoms with E-state index in [2.05, 4.69) is 10.1 Å². The van der Waals surface area contributed by atoms with Crippen LogP contribution in [0.25, 0.3) is 0 Å². The summed E-state index contributed by atoms with van der Waals surface area (Å²) in [5.74, 6) is -0.787. The van der Waals surface area contributed by atoms with Gasteiger partial charge >= 0.3 is 5.97 Å². The van der Waals surface area contributed by atoms with Crippen molar-refractivity contribution in [3.8, 4) is 0 Å². The van der Waals surface area contributed by atoms with Crippen molar-refractivity contribution in [3.05, 3.63) is 34.6 Å². The maximum atomic E-state index is 13.3. The Kier molecular flexibility index (Phi) is 4.71. The van der Waals surface area contributed by atoms with Crippen molar-refractivity contribution in [1.82, 2.24) is 5.32 Å². The third-order valence-electron chi connectivity index (χ3n) is 2.20. The van der Waals surface area contributed by atoms with E-state index in [4.69, 9.17) is 11.6 Å². The topological polar surface area (TPSA) is 38.3 Å². The van der Waals surface area contributed by atoms with Crippen LogP contribution in [0.4, 0.5) is 4.39 Å². The Morgan fingerprint density at radius 2 is 2.31 bits per heavy atom. The first-order chi connectivity index (χ1) is 7.56. The van der Waals surface area contributed by atoms with Crippen molar-refractivity contribution in [2.75, 3.05) is 7.11 Å². The van der Waals surface area contributed by atoms with Crippen molar-refractivity contribution < 1.29 is 13.9 Å². The summed E-state index contributed by atoms with van der Waals surface area (Å²) >= 11 is 5.83. The Morgan fingerprint density at radius 1 is 1.62 bits per heavy atom. The summed E-state index contributed by atoms with van der Waals surface area (Å²) in [7, 11) is 1.30. The molecule has 0 aliphatic rings. The molecule has 5 heteroatoms. The van der Waals surface area contributed by atoms with Crippen LogP contribution >= 0.6 is 11.6 Å². The molecule has 0 aliphatic heterocycles. The molecule has 16 heavy (non-hydrogen) atoms. The number of carbonyl (C=O) groups excluding carboxylic acids is 1. The lowest BCUT2D eigenvalue weighted by Gasteiger charge is -2.12. The fourth-order valence-electron chi connectivity index (χ4n) is 1.22. The number of benzene rings is 1. The van der Waals surface area contributed by atoms with Gasteiger partial charge in [-0.15, -0.1) is 0 Å². The largest absolute Gasteiger partial charge is 0.468 e. The van der Waals surface area contributed by atoms with Gasteiger partial charge in [-0.25, -0.2) is 4.39 Å². The number of halogens is 2. The van der Waals surface area contributed by atoms with Crippen LogP contribution in [-0.2, 0) is 16.1 Å². The normalized spacial score (nSPS) is 12.2. The van der Waals surface area contributed by atoms with E-state index in [0.29, 0.717) is 10.6 Å². The summed E-state index contributed by atoms with van der Waals surface area (Å²) in [5.41, 5.74) is 0.347. The highest BCUT2D eigenvalue weighted by molar-refractivity contribution is 6.31. The SMILES string of the molecule is COC(=O)[C@H](C)NCc1c(F)cccc1Cl. The number of esters is 1. The summed E-state index contributed by atoms with van der Waals surface area (Å²) in [4.78, 5) is 11.1. The van der Waals surface area contributed by atoms with Crippen LogP contribution < -0.4 is 5.32 Å². The molecule has 1 rings (SSSR count). The lowest BCUT2D eigenvalue weighted by molar-refractivity contribution is -0.142. The second-order valence-electron chi connectivity index (χ2n) is 3.33. The van der Waals surface area contributed by atoms with Gasteiger partial charge in [0, 0.05) is 17.1 Å². The maximum Gasteiger partial charge on any atom is 0.322 e. The lowest BCUT2D eigenvalue weighted by atomic mass is 10.2. The van der Waals surface area contributed by atoms with Gasteiger partial charge < -0.3 is 10.1 Å². The molecule has 1 N–H and O–H groups in total. The highest BCUT2D eigenvalue weighted by Crippen LogP contribution is 2.18. The fraction of sp³-hybridized carbons (Fsp3) is 0.364. The average Bonchev–Trinajstić information content (AvgIpc) is 2.27. The van der Waals surface area contributed by atoms with Crippen LogP contribution in [0, 0.1) is 5.82 Å². The van der Waals surface area contributed by atoms with Crippen molar-refractivity contribution in [3.63, 3.8) is 0 Å². The molecule has 0 radical (unpaired) electrons. The average molecular weight is 246 g/mol. The molecule has 3 nitrogen and oxygen atoms in total. The zero-order chi connectivity index (χ0) is 12.1. The summed E-state index contributed by atoms with van der Waals surface area (Å²) in [5, 5.41) is 3.17. The first kappa shape index (κ1) is 12.9. The summed E-state index contributed by atoms with van der Waals surface area (Å²) < 4.78 is 17.9.